The first-order valence-corrected chi connectivity index (χ1v) is 24.6. The molecule has 0 saturated carbocycles. The van der Waals surface area contributed by atoms with Crippen molar-refractivity contribution in [2.75, 3.05) is 41.7 Å². The standard InChI is InChI=1S/C58H74N4O6/c1-15-61-23-21-35-29-37(43(31-45(35)61)59-47(63)19-17-33-25-39(55(3,4)5)51(65)40(26-33)56(6,7)8)49-53(67)50(54(49)68)38-30-36-22-24-62(16-2)46(36)32-44(38)60-48(64)20-18-34-27-41(57(9,10)11)52(66)42(28-34)58(12,13)14/h25-32H,15-24H2,1-14H3,(H4,59,60,63,64,65,66,67,68). The Labute approximate surface area is 403 Å². The van der Waals surface area contributed by atoms with Crippen LogP contribution in [0.4, 0.5) is 17.1 Å². The van der Waals surface area contributed by atoms with Crippen molar-refractivity contribution in [1.29, 1.82) is 0 Å². The van der Waals surface area contributed by atoms with Crippen molar-refractivity contribution in [3.05, 3.63) is 115 Å². The number of aromatic hydroxyl groups is 2. The number of anilines is 3. The van der Waals surface area contributed by atoms with E-state index in [0.717, 1.165) is 94.6 Å². The molecule has 4 N–H and O–H groups in total. The summed E-state index contributed by atoms with van der Waals surface area (Å²) in [7, 11) is 0. The Morgan fingerprint density at radius 2 is 1.13 bits per heavy atom. The second-order valence-corrected chi connectivity index (χ2v) is 23.3. The van der Waals surface area contributed by atoms with E-state index in [9.17, 15) is 29.7 Å². The number of hydrogen-bond donors (Lipinski definition) is 4. The minimum absolute atomic E-state index is 0.0285. The largest absolute Gasteiger partial charge is 0.871 e. The lowest BCUT2D eigenvalue weighted by Crippen LogP contribution is -2.36. The molecule has 362 valence electrons. The van der Waals surface area contributed by atoms with Crippen molar-refractivity contribution >= 4 is 45.8 Å². The molecule has 0 radical (unpaired) electrons. The molecule has 2 amide bonds. The molecule has 10 nitrogen and oxygen atoms in total. The highest BCUT2D eigenvalue weighted by atomic mass is 16.3. The Kier molecular flexibility index (Phi) is 13.4. The van der Waals surface area contributed by atoms with Crippen molar-refractivity contribution in [1.82, 2.24) is 4.58 Å². The quantitative estimate of drug-likeness (QED) is 0.111. The Hall–Kier alpha value is -5.90. The Balaban J connectivity index is 1.24. The summed E-state index contributed by atoms with van der Waals surface area (Å²) < 4.78 is 2.23. The van der Waals surface area contributed by atoms with E-state index in [-0.39, 0.29) is 69.0 Å². The van der Waals surface area contributed by atoms with Crippen LogP contribution in [0.3, 0.4) is 0 Å². The monoisotopic (exact) mass is 923 g/mol. The van der Waals surface area contributed by atoms with E-state index in [2.05, 4.69) is 117 Å². The summed E-state index contributed by atoms with van der Waals surface area (Å²) in [5, 5.41) is 44.8. The maximum absolute atomic E-state index is 14.6. The van der Waals surface area contributed by atoms with Crippen LogP contribution in [0.25, 0.3) is 11.1 Å². The molecular formula is C58H74N4O6. The molecule has 2 heterocycles. The molecule has 0 atom stereocenters. The molecule has 3 aliphatic rings. The normalized spacial score (nSPS) is 16.0. The topological polar surface area (TPSA) is 145 Å². The van der Waals surface area contributed by atoms with Crippen LogP contribution >= 0.6 is 0 Å². The predicted molar refractivity (Wildman–Crippen MR) is 274 cm³/mol. The summed E-state index contributed by atoms with van der Waals surface area (Å²) in [6, 6.07) is 15.6. The van der Waals surface area contributed by atoms with Gasteiger partial charge in [0.15, 0.2) is 5.78 Å². The number of aryl methyl sites for hydroxylation is 2. The van der Waals surface area contributed by atoms with Gasteiger partial charge in [0.05, 0.1) is 11.4 Å². The molecule has 68 heavy (non-hydrogen) atoms. The zero-order valence-electron chi connectivity index (χ0n) is 43.1. The zero-order valence-corrected chi connectivity index (χ0v) is 43.1. The van der Waals surface area contributed by atoms with Crippen LogP contribution < -0.4 is 35.8 Å². The van der Waals surface area contributed by atoms with Gasteiger partial charge in [-0.05, 0) is 112 Å². The number of phenolic OH excluding ortho intramolecular Hbond substituents is 2. The Morgan fingerprint density at radius 3 is 1.57 bits per heavy atom. The molecule has 1 aliphatic carbocycles. The fraction of sp³-hybridized carbons (Fsp3) is 0.483. The number of fused-ring (bicyclic) bond motifs is 2. The number of hydrogen-bond acceptors (Lipinski definition) is 7. The summed E-state index contributed by atoms with van der Waals surface area (Å²) in [6.07, 6.45) is 2.65. The number of benzene rings is 4. The molecule has 10 heteroatoms. The van der Waals surface area contributed by atoms with Crippen LogP contribution in [0, 0.1) is 0 Å². The molecule has 0 bridgehead atoms. The van der Waals surface area contributed by atoms with Crippen molar-refractivity contribution in [2.24, 2.45) is 0 Å². The number of rotatable bonds is 11. The molecule has 0 fully saturated rings. The maximum atomic E-state index is 14.6. The lowest BCUT2D eigenvalue weighted by molar-refractivity contribution is -0.292. The van der Waals surface area contributed by atoms with Gasteiger partial charge in [0.1, 0.15) is 24.6 Å². The van der Waals surface area contributed by atoms with Crippen molar-refractivity contribution in [3.8, 4) is 11.5 Å². The van der Waals surface area contributed by atoms with E-state index in [4.69, 9.17) is 0 Å². The summed E-state index contributed by atoms with van der Waals surface area (Å²) in [4.78, 5) is 44.8. The van der Waals surface area contributed by atoms with Gasteiger partial charge in [-0.3, -0.25) is 14.4 Å². The van der Waals surface area contributed by atoms with Crippen molar-refractivity contribution in [3.63, 3.8) is 0 Å². The minimum atomic E-state index is -0.418. The summed E-state index contributed by atoms with van der Waals surface area (Å²) >= 11 is 0. The van der Waals surface area contributed by atoms with Gasteiger partial charge in [-0.15, -0.1) is 0 Å². The number of carbonyl (C=O) groups excluding carboxylic acids is 3. The van der Waals surface area contributed by atoms with Crippen LogP contribution in [0.1, 0.15) is 160 Å². The number of phenols is 2. The van der Waals surface area contributed by atoms with Crippen molar-refractivity contribution in [2.45, 2.75) is 157 Å². The summed E-state index contributed by atoms with van der Waals surface area (Å²) in [5.74, 6) is -0.759. The highest BCUT2D eigenvalue weighted by Crippen LogP contribution is 2.44. The maximum Gasteiger partial charge on any atom is 0.224 e. The third-order valence-corrected chi connectivity index (χ3v) is 14.0. The van der Waals surface area contributed by atoms with Gasteiger partial charge in [-0.1, -0.05) is 113 Å². The molecule has 0 spiro atoms. The molecule has 0 unspecified atom stereocenters. The third-order valence-electron chi connectivity index (χ3n) is 14.0. The van der Waals surface area contributed by atoms with Gasteiger partial charge in [-0.2, -0.15) is 0 Å². The van der Waals surface area contributed by atoms with Crippen LogP contribution in [0.5, 0.6) is 11.5 Å². The van der Waals surface area contributed by atoms with Crippen LogP contribution in [-0.2, 0) is 61.7 Å². The number of allylic oxidation sites excluding steroid dienone is 2. The van der Waals surface area contributed by atoms with Crippen LogP contribution in [-0.4, -0.2) is 54.0 Å². The highest BCUT2D eigenvalue weighted by molar-refractivity contribution is 6.52. The third kappa shape index (κ3) is 9.83. The van der Waals surface area contributed by atoms with Gasteiger partial charge in [0, 0.05) is 71.6 Å². The first-order valence-electron chi connectivity index (χ1n) is 24.6. The van der Waals surface area contributed by atoms with Gasteiger partial charge in [0.25, 0.3) is 0 Å². The number of carbonyl (C=O) groups is 3. The fourth-order valence-electron chi connectivity index (χ4n) is 10.1. The second kappa shape index (κ2) is 18.2. The number of nitrogens with zero attached hydrogens (tertiary/aromatic N) is 2. The van der Waals surface area contributed by atoms with E-state index in [1.54, 1.807) is 0 Å². The lowest BCUT2D eigenvalue weighted by Gasteiger charge is -2.33. The highest BCUT2D eigenvalue weighted by Gasteiger charge is 2.35. The van der Waals surface area contributed by atoms with Crippen LogP contribution in [0.15, 0.2) is 54.3 Å². The molecule has 0 saturated heterocycles. The number of Topliss-reactive ketones (excluding diaryl/α,β-unsaturated/α-hetero) is 1. The van der Waals surface area contributed by atoms with Gasteiger partial charge in [0.2, 0.25) is 17.2 Å². The molecule has 7 rings (SSSR count). The number of likely N-dealkylation sites (N-methyl/N-ethyl adjacent to an activating group) is 2. The van der Waals surface area contributed by atoms with E-state index >= 15 is 0 Å². The Bertz CT molecular complexity index is 2820. The molecule has 2 aliphatic heterocycles. The van der Waals surface area contributed by atoms with E-state index in [1.165, 1.54) is 0 Å². The first kappa shape index (κ1) is 50.0. The lowest BCUT2D eigenvalue weighted by atomic mass is 9.78. The van der Waals surface area contributed by atoms with Gasteiger partial charge in [-0.25, -0.2) is 4.58 Å². The molecule has 4 aromatic carbocycles. The van der Waals surface area contributed by atoms with Crippen LogP contribution in [0.2, 0.25) is 0 Å². The Morgan fingerprint density at radius 1 is 0.647 bits per heavy atom. The van der Waals surface area contributed by atoms with E-state index in [1.807, 2.05) is 48.5 Å². The SMILES string of the molecule is CCN1CCc2cc(C3=C([O-])/C(=c4/cc5c(cc4NC(=O)CCc4cc(C(C)(C)C)c(O)c(C(C)(C)C)c4)=[N+](CC)CC5)C3=O)c(NC(=O)CCc3cc(C(C)(C)C)c(O)c(C(C)(C)C)c3)cc21. The number of ketones is 1. The molecular weight excluding hydrogens is 849 g/mol. The summed E-state index contributed by atoms with van der Waals surface area (Å²) in [5.41, 5.74) is 8.26. The number of nitrogens with one attached hydrogen (secondary N) is 2. The zero-order chi connectivity index (χ0) is 50.0. The van der Waals surface area contributed by atoms with Gasteiger partial charge >= 0.3 is 0 Å². The second-order valence-electron chi connectivity index (χ2n) is 23.3. The van der Waals surface area contributed by atoms with Gasteiger partial charge < -0.3 is 30.9 Å². The molecule has 4 aromatic rings. The predicted octanol–water partition coefficient (Wildman–Crippen LogP) is 8.38. The average Bonchev–Trinajstić information content (AvgIpc) is 3.83. The minimum Gasteiger partial charge on any atom is -0.871 e. The summed E-state index contributed by atoms with van der Waals surface area (Å²) in [6.45, 7) is 32.1. The first-order chi connectivity index (χ1) is 31.6. The number of amides is 2. The van der Waals surface area contributed by atoms with E-state index in [0.29, 0.717) is 35.0 Å². The average molecular weight is 923 g/mol. The van der Waals surface area contributed by atoms with Crippen molar-refractivity contribution < 1.29 is 29.7 Å². The smallest absolute Gasteiger partial charge is 0.224 e. The van der Waals surface area contributed by atoms with E-state index < -0.39 is 11.5 Å². The fourth-order valence-corrected chi connectivity index (χ4v) is 10.1. The molecule has 0 aromatic heterocycles.